The summed E-state index contributed by atoms with van der Waals surface area (Å²) in [6, 6.07) is -0.796. The van der Waals surface area contributed by atoms with E-state index in [1.165, 1.54) is 13.8 Å². The molecule has 0 aromatic carbocycles. The lowest BCUT2D eigenvalue weighted by molar-refractivity contribution is -0.199. The number of ether oxygens (including phenoxy) is 3. The molecule has 0 aromatic heterocycles. The summed E-state index contributed by atoms with van der Waals surface area (Å²) in [4.78, 5) is 33.4. The predicted octanol–water partition coefficient (Wildman–Crippen LogP) is 0.501. The zero-order valence-electron chi connectivity index (χ0n) is 13.1. The summed E-state index contributed by atoms with van der Waals surface area (Å²) in [7, 11) is 0. The fraction of sp³-hybridized carbons (Fsp3) is 0.786. The molecule has 5 atom stereocenters. The van der Waals surface area contributed by atoms with Gasteiger partial charge in [-0.15, -0.1) is 0 Å². The largest absolute Gasteiger partial charge is 0.463 e. The third-order valence-electron chi connectivity index (χ3n) is 3.30. The summed E-state index contributed by atoms with van der Waals surface area (Å²) in [5.41, 5.74) is 0. The number of hydrogen-bond acceptors (Lipinski definition) is 6. The summed E-state index contributed by atoms with van der Waals surface area (Å²) in [5.74, 6) is -1.60. The van der Waals surface area contributed by atoms with Crippen molar-refractivity contribution in [3.63, 3.8) is 0 Å². The average molecular weight is 319 g/mol. The van der Waals surface area contributed by atoms with E-state index < -0.39 is 42.5 Å². The quantitative estimate of drug-likeness (QED) is 0.742. The summed E-state index contributed by atoms with van der Waals surface area (Å²) in [6.45, 7) is 5.17. The highest BCUT2D eigenvalue weighted by molar-refractivity contribution is 5.73. The molecule has 1 heterocycles. The van der Waals surface area contributed by atoms with Crippen molar-refractivity contribution in [2.24, 2.45) is 0 Å². The van der Waals surface area contributed by atoms with E-state index in [2.05, 4.69) is 5.32 Å². The van der Waals surface area contributed by atoms with Crippen molar-refractivity contribution >= 4 is 17.8 Å². The Morgan fingerprint density at radius 2 is 1.77 bits per heavy atom. The van der Waals surface area contributed by atoms with E-state index in [4.69, 9.17) is 14.2 Å². The second kappa shape index (κ2) is 8.07. The van der Waals surface area contributed by atoms with Gasteiger partial charge in [-0.2, -0.15) is 0 Å². The smallest absolute Gasteiger partial charge is 0.303 e. The molecular formula is C14H22FNO6. The molecule has 22 heavy (non-hydrogen) atoms. The molecule has 0 aromatic rings. The molecule has 0 saturated carbocycles. The van der Waals surface area contributed by atoms with Crippen molar-refractivity contribution in [1.29, 1.82) is 0 Å². The van der Waals surface area contributed by atoms with Crippen molar-refractivity contribution in [1.82, 2.24) is 5.32 Å². The van der Waals surface area contributed by atoms with Crippen molar-refractivity contribution in [3.05, 3.63) is 0 Å². The van der Waals surface area contributed by atoms with Crippen LogP contribution < -0.4 is 5.32 Å². The lowest BCUT2D eigenvalue weighted by Crippen LogP contribution is -2.63. The molecule has 1 amide bonds. The topological polar surface area (TPSA) is 90.9 Å². The lowest BCUT2D eigenvalue weighted by Gasteiger charge is -2.43. The Morgan fingerprint density at radius 3 is 2.23 bits per heavy atom. The molecule has 1 aliphatic rings. The van der Waals surface area contributed by atoms with Crippen LogP contribution in [-0.2, 0) is 28.6 Å². The van der Waals surface area contributed by atoms with Crippen LogP contribution in [0, 0.1) is 0 Å². The molecule has 0 radical (unpaired) electrons. The van der Waals surface area contributed by atoms with Gasteiger partial charge in [-0.05, 0) is 6.42 Å². The van der Waals surface area contributed by atoms with E-state index in [-0.39, 0.29) is 12.5 Å². The second-order valence-corrected chi connectivity index (χ2v) is 5.17. The molecule has 1 saturated heterocycles. The summed E-state index contributed by atoms with van der Waals surface area (Å²) in [5, 5.41) is 2.57. The van der Waals surface area contributed by atoms with Gasteiger partial charge in [-0.3, -0.25) is 14.4 Å². The molecule has 1 aliphatic heterocycles. The highest BCUT2D eigenvalue weighted by Gasteiger charge is 2.48. The number of halogens is 1. The first-order chi connectivity index (χ1) is 10.3. The van der Waals surface area contributed by atoms with Crippen molar-refractivity contribution in [2.45, 2.75) is 64.6 Å². The number of nitrogens with one attached hydrogen (secondary N) is 1. The number of carbonyl (C=O) groups is 3. The maximum absolute atomic E-state index is 14.6. The third kappa shape index (κ3) is 4.94. The molecule has 0 bridgehead atoms. The van der Waals surface area contributed by atoms with Gasteiger partial charge in [-0.25, -0.2) is 4.39 Å². The van der Waals surface area contributed by atoms with E-state index in [1.54, 1.807) is 6.92 Å². The SMILES string of the molecule is CCC1OC(COC(C)=O)C(F)C(OC(C)=O)C1NC(C)=O. The Balaban J connectivity index is 2.95. The van der Waals surface area contributed by atoms with Crippen molar-refractivity contribution in [2.75, 3.05) is 6.61 Å². The highest BCUT2D eigenvalue weighted by atomic mass is 19.1. The Labute approximate surface area is 128 Å². The average Bonchev–Trinajstić information content (AvgIpc) is 2.41. The van der Waals surface area contributed by atoms with Gasteiger partial charge < -0.3 is 19.5 Å². The molecule has 1 fully saturated rings. The Bertz CT molecular complexity index is 430. The van der Waals surface area contributed by atoms with Crippen LogP contribution in [0.1, 0.15) is 34.1 Å². The predicted molar refractivity (Wildman–Crippen MR) is 73.6 cm³/mol. The van der Waals surface area contributed by atoms with E-state index in [9.17, 15) is 18.8 Å². The van der Waals surface area contributed by atoms with Gasteiger partial charge in [0.1, 0.15) is 12.7 Å². The Morgan fingerprint density at radius 1 is 1.14 bits per heavy atom. The summed E-state index contributed by atoms with van der Waals surface area (Å²) >= 11 is 0. The number of hydrogen-bond donors (Lipinski definition) is 1. The molecule has 8 heteroatoms. The molecule has 0 spiro atoms. The number of rotatable bonds is 5. The molecular weight excluding hydrogens is 297 g/mol. The zero-order valence-corrected chi connectivity index (χ0v) is 13.1. The van der Waals surface area contributed by atoms with Crippen LogP contribution in [0.4, 0.5) is 4.39 Å². The Hall–Kier alpha value is -1.70. The van der Waals surface area contributed by atoms with E-state index in [0.29, 0.717) is 6.42 Å². The van der Waals surface area contributed by atoms with Crippen LogP contribution in [0.15, 0.2) is 0 Å². The number of amides is 1. The van der Waals surface area contributed by atoms with Crippen molar-refractivity contribution in [3.8, 4) is 0 Å². The molecule has 1 N–H and O–H groups in total. The number of alkyl halides is 1. The zero-order chi connectivity index (χ0) is 16.9. The summed E-state index contributed by atoms with van der Waals surface area (Å²) in [6.07, 6.45) is -4.06. The minimum Gasteiger partial charge on any atom is -0.463 e. The highest BCUT2D eigenvalue weighted by Crippen LogP contribution is 2.28. The fourth-order valence-electron chi connectivity index (χ4n) is 2.43. The van der Waals surface area contributed by atoms with Crippen molar-refractivity contribution < 1.29 is 33.0 Å². The van der Waals surface area contributed by atoms with Crippen LogP contribution in [0.5, 0.6) is 0 Å². The first-order valence-corrected chi connectivity index (χ1v) is 7.13. The minimum absolute atomic E-state index is 0.280. The Kier molecular flexibility index (Phi) is 6.73. The van der Waals surface area contributed by atoms with Crippen LogP contribution in [-0.4, -0.2) is 55.0 Å². The van der Waals surface area contributed by atoms with Crippen LogP contribution in [0.2, 0.25) is 0 Å². The maximum atomic E-state index is 14.6. The lowest BCUT2D eigenvalue weighted by atomic mass is 9.92. The van der Waals surface area contributed by atoms with Gasteiger partial charge >= 0.3 is 11.9 Å². The molecule has 126 valence electrons. The van der Waals surface area contributed by atoms with Gasteiger partial charge in [0.05, 0.1) is 12.1 Å². The maximum Gasteiger partial charge on any atom is 0.303 e. The normalized spacial score (nSPS) is 31.2. The van der Waals surface area contributed by atoms with Crippen LogP contribution in [0.25, 0.3) is 0 Å². The minimum atomic E-state index is -1.72. The van der Waals surface area contributed by atoms with E-state index in [0.717, 1.165) is 6.92 Å². The standard InChI is InChI=1S/C14H22FNO6/c1-5-10-13(16-7(2)17)14(21-9(4)19)12(15)11(22-10)6-20-8(3)18/h10-14H,5-6H2,1-4H3,(H,16,17). The van der Waals surface area contributed by atoms with E-state index >= 15 is 0 Å². The van der Waals surface area contributed by atoms with Gasteiger partial charge in [0.15, 0.2) is 12.3 Å². The number of esters is 2. The van der Waals surface area contributed by atoms with Crippen LogP contribution >= 0.6 is 0 Å². The summed E-state index contributed by atoms with van der Waals surface area (Å²) < 4.78 is 30.0. The second-order valence-electron chi connectivity index (χ2n) is 5.17. The molecule has 0 aliphatic carbocycles. The fourth-order valence-corrected chi connectivity index (χ4v) is 2.43. The monoisotopic (exact) mass is 319 g/mol. The van der Waals surface area contributed by atoms with Gasteiger partial charge in [-0.1, -0.05) is 6.92 Å². The van der Waals surface area contributed by atoms with E-state index in [1.807, 2.05) is 0 Å². The molecule has 7 nitrogen and oxygen atoms in total. The van der Waals surface area contributed by atoms with Crippen LogP contribution in [0.3, 0.4) is 0 Å². The van der Waals surface area contributed by atoms with Gasteiger partial charge in [0.25, 0.3) is 0 Å². The first kappa shape index (κ1) is 18.3. The van der Waals surface area contributed by atoms with Gasteiger partial charge in [0, 0.05) is 20.8 Å². The number of carbonyl (C=O) groups excluding carboxylic acids is 3. The first-order valence-electron chi connectivity index (χ1n) is 7.13. The third-order valence-corrected chi connectivity index (χ3v) is 3.30. The molecule has 5 unspecified atom stereocenters. The van der Waals surface area contributed by atoms with Gasteiger partial charge in [0.2, 0.25) is 5.91 Å². The molecule has 1 rings (SSSR count).